The van der Waals surface area contributed by atoms with Gasteiger partial charge in [-0.2, -0.15) is 0 Å². The molecule has 4 heterocycles. The number of aryl methyl sites for hydroxylation is 1. The summed E-state index contributed by atoms with van der Waals surface area (Å²) in [5.41, 5.74) is 2.11. The SMILES string of the molecule is Cc1csc(Nc2nccnc2[C@H]2CCCN(CC3CCOCC3)C2)n1. The van der Waals surface area contributed by atoms with Crippen molar-refractivity contribution >= 4 is 22.3 Å². The molecule has 2 saturated heterocycles. The summed E-state index contributed by atoms with van der Waals surface area (Å²) in [6.45, 7) is 7.31. The van der Waals surface area contributed by atoms with Crippen molar-refractivity contribution in [1.82, 2.24) is 19.9 Å². The highest BCUT2D eigenvalue weighted by Crippen LogP contribution is 2.32. The molecule has 7 heteroatoms. The molecule has 0 bridgehead atoms. The van der Waals surface area contributed by atoms with E-state index in [1.165, 1.54) is 38.8 Å². The van der Waals surface area contributed by atoms with E-state index in [4.69, 9.17) is 9.72 Å². The second-order valence-electron chi connectivity index (χ2n) is 7.36. The number of rotatable bonds is 5. The Morgan fingerprint density at radius 2 is 2.08 bits per heavy atom. The zero-order chi connectivity index (χ0) is 17.8. The molecule has 0 amide bonds. The van der Waals surface area contributed by atoms with E-state index < -0.39 is 0 Å². The number of nitrogens with one attached hydrogen (secondary N) is 1. The van der Waals surface area contributed by atoms with Crippen molar-refractivity contribution < 1.29 is 4.74 Å². The van der Waals surface area contributed by atoms with Gasteiger partial charge in [-0.1, -0.05) is 0 Å². The van der Waals surface area contributed by atoms with E-state index in [-0.39, 0.29) is 0 Å². The van der Waals surface area contributed by atoms with Gasteiger partial charge in [0, 0.05) is 50.0 Å². The number of hydrogen-bond acceptors (Lipinski definition) is 7. The normalized spacial score (nSPS) is 22.4. The lowest BCUT2D eigenvalue weighted by molar-refractivity contribution is 0.0482. The number of aromatic nitrogens is 3. The summed E-state index contributed by atoms with van der Waals surface area (Å²) in [5, 5.41) is 6.32. The Morgan fingerprint density at radius 3 is 2.88 bits per heavy atom. The molecule has 2 aromatic rings. The molecule has 1 N–H and O–H groups in total. The Bertz CT molecular complexity index is 715. The third-order valence-electron chi connectivity index (χ3n) is 5.32. The number of likely N-dealkylation sites (tertiary alicyclic amines) is 1. The fraction of sp³-hybridized carbons (Fsp3) is 0.632. The monoisotopic (exact) mass is 373 g/mol. The molecular formula is C19H27N5OS. The highest BCUT2D eigenvalue weighted by Gasteiger charge is 2.27. The highest BCUT2D eigenvalue weighted by atomic mass is 32.1. The molecule has 0 unspecified atom stereocenters. The second kappa shape index (κ2) is 8.41. The van der Waals surface area contributed by atoms with Crippen LogP contribution in [0.15, 0.2) is 17.8 Å². The summed E-state index contributed by atoms with van der Waals surface area (Å²) >= 11 is 1.61. The summed E-state index contributed by atoms with van der Waals surface area (Å²) in [4.78, 5) is 16.4. The van der Waals surface area contributed by atoms with Crippen LogP contribution < -0.4 is 5.32 Å². The Morgan fingerprint density at radius 1 is 1.23 bits per heavy atom. The number of thiazole rings is 1. The van der Waals surface area contributed by atoms with Crippen LogP contribution in [0.1, 0.15) is 43.0 Å². The van der Waals surface area contributed by atoms with Crippen LogP contribution in [0.25, 0.3) is 0 Å². The van der Waals surface area contributed by atoms with Gasteiger partial charge in [0.25, 0.3) is 0 Å². The van der Waals surface area contributed by atoms with Crippen molar-refractivity contribution in [2.75, 3.05) is 38.2 Å². The fourth-order valence-electron chi connectivity index (χ4n) is 4.00. The molecule has 2 aromatic heterocycles. The minimum absolute atomic E-state index is 0.431. The number of anilines is 2. The Labute approximate surface area is 159 Å². The molecular weight excluding hydrogens is 346 g/mol. The molecule has 0 spiro atoms. The largest absolute Gasteiger partial charge is 0.381 e. The van der Waals surface area contributed by atoms with Gasteiger partial charge in [-0.05, 0) is 45.1 Å². The third-order valence-corrected chi connectivity index (χ3v) is 6.20. The first-order valence-corrected chi connectivity index (χ1v) is 10.5. The maximum atomic E-state index is 5.50. The smallest absolute Gasteiger partial charge is 0.188 e. The molecule has 0 aromatic carbocycles. The van der Waals surface area contributed by atoms with E-state index in [2.05, 4.69) is 25.6 Å². The molecule has 0 saturated carbocycles. The average Bonchev–Trinajstić information content (AvgIpc) is 3.08. The van der Waals surface area contributed by atoms with Crippen molar-refractivity contribution in [3.8, 4) is 0 Å². The van der Waals surface area contributed by atoms with Crippen molar-refractivity contribution in [3.05, 3.63) is 29.2 Å². The van der Waals surface area contributed by atoms with Gasteiger partial charge < -0.3 is 15.0 Å². The van der Waals surface area contributed by atoms with E-state index in [0.717, 1.165) is 48.0 Å². The van der Waals surface area contributed by atoms with Crippen LogP contribution in [-0.4, -0.2) is 52.7 Å². The summed E-state index contributed by atoms with van der Waals surface area (Å²) in [5.74, 6) is 2.07. The number of hydrogen-bond donors (Lipinski definition) is 1. The summed E-state index contributed by atoms with van der Waals surface area (Å²) in [6.07, 6.45) is 8.36. The summed E-state index contributed by atoms with van der Waals surface area (Å²) in [6, 6.07) is 0. The van der Waals surface area contributed by atoms with E-state index in [9.17, 15) is 0 Å². The van der Waals surface area contributed by atoms with Gasteiger partial charge in [-0.15, -0.1) is 11.3 Å². The summed E-state index contributed by atoms with van der Waals surface area (Å²) in [7, 11) is 0. The first-order chi connectivity index (χ1) is 12.8. The molecule has 2 fully saturated rings. The first-order valence-electron chi connectivity index (χ1n) is 9.58. The minimum Gasteiger partial charge on any atom is -0.381 e. The molecule has 2 aliphatic heterocycles. The first kappa shape index (κ1) is 17.8. The molecule has 0 aliphatic carbocycles. The van der Waals surface area contributed by atoms with Crippen LogP contribution in [-0.2, 0) is 4.74 Å². The number of nitrogens with zero attached hydrogens (tertiary/aromatic N) is 4. The Kier molecular flexibility index (Phi) is 5.77. The highest BCUT2D eigenvalue weighted by molar-refractivity contribution is 7.13. The van der Waals surface area contributed by atoms with E-state index in [0.29, 0.717) is 5.92 Å². The quantitative estimate of drug-likeness (QED) is 0.864. The van der Waals surface area contributed by atoms with Crippen molar-refractivity contribution in [1.29, 1.82) is 0 Å². The molecule has 2 aliphatic rings. The maximum absolute atomic E-state index is 5.50. The van der Waals surface area contributed by atoms with Gasteiger partial charge in [-0.25, -0.2) is 9.97 Å². The second-order valence-corrected chi connectivity index (χ2v) is 8.22. The molecule has 0 radical (unpaired) electrons. The van der Waals surface area contributed by atoms with Gasteiger partial charge in [-0.3, -0.25) is 4.98 Å². The number of ether oxygens (including phenoxy) is 1. The van der Waals surface area contributed by atoms with Crippen LogP contribution >= 0.6 is 11.3 Å². The van der Waals surface area contributed by atoms with E-state index >= 15 is 0 Å². The molecule has 1 atom stereocenters. The average molecular weight is 374 g/mol. The molecule has 140 valence electrons. The van der Waals surface area contributed by atoms with Gasteiger partial charge in [0.1, 0.15) is 0 Å². The lowest BCUT2D eigenvalue weighted by Gasteiger charge is -2.36. The lowest BCUT2D eigenvalue weighted by Crippen LogP contribution is -2.39. The van der Waals surface area contributed by atoms with Gasteiger partial charge in [0.15, 0.2) is 10.9 Å². The van der Waals surface area contributed by atoms with Crippen LogP contribution in [0.4, 0.5) is 10.9 Å². The molecule has 6 nitrogen and oxygen atoms in total. The minimum atomic E-state index is 0.431. The molecule has 26 heavy (non-hydrogen) atoms. The summed E-state index contributed by atoms with van der Waals surface area (Å²) < 4.78 is 5.50. The topological polar surface area (TPSA) is 63.2 Å². The Balaban J connectivity index is 1.44. The number of piperidine rings is 1. The third kappa shape index (κ3) is 4.39. The fourth-order valence-corrected chi connectivity index (χ4v) is 4.68. The lowest BCUT2D eigenvalue weighted by atomic mass is 9.92. The van der Waals surface area contributed by atoms with Gasteiger partial charge in [0.05, 0.1) is 11.4 Å². The zero-order valence-electron chi connectivity index (χ0n) is 15.4. The van der Waals surface area contributed by atoms with Crippen LogP contribution in [0, 0.1) is 12.8 Å². The predicted octanol–water partition coefficient (Wildman–Crippen LogP) is 3.59. The van der Waals surface area contributed by atoms with Crippen molar-refractivity contribution in [3.63, 3.8) is 0 Å². The standard InChI is InChI=1S/C19H27N5OS/c1-14-13-26-19(22-14)23-18-17(20-6-7-21-18)16-3-2-8-24(12-16)11-15-4-9-25-10-5-15/h6-7,13,15-16H,2-5,8-12H2,1H3,(H,21,22,23)/t16-/m0/s1. The van der Waals surface area contributed by atoms with Crippen molar-refractivity contribution in [2.45, 2.75) is 38.5 Å². The zero-order valence-corrected chi connectivity index (χ0v) is 16.2. The van der Waals surface area contributed by atoms with E-state index in [1.807, 2.05) is 13.1 Å². The Hall–Kier alpha value is -1.57. The van der Waals surface area contributed by atoms with Gasteiger partial charge in [0.2, 0.25) is 0 Å². The predicted molar refractivity (Wildman–Crippen MR) is 104 cm³/mol. The van der Waals surface area contributed by atoms with Crippen LogP contribution in [0.2, 0.25) is 0 Å². The van der Waals surface area contributed by atoms with Crippen LogP contribution in [0.5, 0.6) is 0 Å². The van der Waals surface area contributed by atoms with E-state index in [1.54, 1.807) is 17.5 Å². The molecule has 4 rings (SSSR count). The van der Waals surface area contributed by atoms with Crippen molar-refractivity contribution in [2.24, 2.45) is 5.92 Å². The maximum Gasteiger partial charge on any atom is 0.188 e. The van der Waals surface area contributed by atoms with Crippen LogP contribution in [0.3, 0.4) is 0 Å². The van der Waals surface area contributed by atoms with Gasteiger partial charge >= 0.3 is 0 Å².